The summed E-state index contributed by atoms with van der Waals surface area (Å²) >= 11 is 0. The van der Waals surface area contributed by atoms with Crippen LogP contribution in [0, 0.1) is 0 Å². The van der Waals surface area contributed by atoms with Crippen molar-refractivity contribution in [1.82, 2.24) is 0 Å². The van der Waals surface area contributed by atoms with Crippen molar-refractivity contribution in [2.24, 2.45) is 0 Å². The maximum Gasteiger partial charge on any atom is 0.203 e. The summed E-state index contributed by atoms with van der Waals surface area (Å²) in [5.74, 6) is 0.325. The average Bonchev–Trinajstić information content (AvgIpc) is 2.69. The Morgan fingerprint density at radius 1 is 0.808 bits per heavy atom. The summed E-state index contributed by atoms with van der Waals surface area (Å²) in [6, 6.07) is 27.3. The van der Waals surface area contributed by atoms with E-state index in [0.717, 1.165) is 11.1 Å². The molecule has 0 bridgehead atoms. The summed E-state index contributed by atoms with van der Waals surface area (Å²) in [6.45, 7) is 1.90. The van der Waals surface area contributed by atoms with Gasteiger partial charge in [-0.15, -0.1) is 0 Å². The highest BCUT2D eigenvalue weighted by molar-refractivity contribution is 7.94. The summed E-state index contributed by atoms with van der Waals surface area (Å²) in [5, 5.41) is 1.21. The Hall–Kier alpha value is -2.85. The van der Waals surface area contributed by atoms with Crippen LogP contribution in [0.5, 0.6) is 0 Å². The molecule has 0 heterocycles. The number of hydrogen-bond acceptors (Lipinski definition) is 3. The van der Waals surface area contributed by atoms with Gasteiger partial charge in [0.25, 0.3) is 0 Å². The summed E-state index contributed by atoms with van der Waals surface area (Å²) in [4.78, 5) is 0.240. The van der Waals surface area contributed by atoms with E-state index in [4.69, 9.17) is 4.74 Å². The van der Waals surface area contributed by atoms with E-state index >= 15 is 0 Å². The SMILES string of the molecule is C[C@@H](O/C(=C\S(=O)(=O)c1ccccc1)c1ccccc1)c1ccccc1. The molecule has 0 aromatic heterocycles. The topological polar surface area (TPSA) is 43.4 Å². The molecular weight excluding hydrogens is 344 g/mol. The van der Waals surface area contributed by atoms with Gasteiger partial charge in [0.1, 0.15) is 11.9 Å². The monoisotopic (exact) mass is 364 g/mol. The zero-order valence-electron chi connectivity index (χ0n) is 14.4. The van der Waals surface area contributed by atoms with E-state index in [1.165, 1.54) is 5.41 Å². The maximum atomic E-state index is 12.8. The van der Waals surface area contributed by atoms with Crippen molar-refractivity contribution in [3.63, 3.8) is 0 Å². The lowest BCUT2D eigenvalue weighted by Gasteiger charge is -2.18. The van der Waals surface area contributed by atoms with Crippen LogP contribution in [0.3, 0.4) is 0 Å². The predicted octanol–water partition coefficient (Wildman–Crippen LogP) is 5.24. The number of ether oxygens (including phenoxy) is 1. The molecule has 0 saturated heterocycles. The van der Waals surface area contributed by atoms with E-state index in [1.807, 2.05) is 67.6 Å². The van der Waals surface area contributed by atoms with Crippen LogP contribution in [0.4, 0.5) is 0 Å². The van der Waals surface area contributed by atoms with Crippen molar-refractivity contribution >= 4 is 15.6 Å². The van der Waals surface area contributed by atoms with Gasteiger partial charge in [0.05, 0.1) is 10.3 Å². The molecule has 0 fully saturated rings. The van der Waals surface area contributed by atoms with E-state index in [2.05, 4.69) is 0 Å². The second kappa shape index (κ2) is 8.02. The molecule has 0 aliphatic rings. The molecule has 26 heavy (non-hydrogen) atoms. The fraction of sp³-hybridized carbons (Fsp3) is 0.0909. The fourth-order valence-corrected chi connectivity index (χ4v) is 3.71. The zero-order valence-corrected chi connectivity index (χ0v) is 15.3. The molecule has 0 N–H and O–H groups in total. The predicted molar refractivity (Wildman–Crippen MR) is 104 cm³/mol. The highest BCUT2D eigenvalue weighted by Gasteiger charge is 2.17. The third kappa shape index (κ3) is 4.41. The third-order valence-electron chi connectivity index (χ3n) is 3.96. The molecule has 0 aliphatic carbocycles. The Balaban J connectivity index is 1.99. The standard InChI is InChI=1S/C22H20O3S/c1-18(19-11-5-2-6-12-19)25-22(20-13-7-3-8-14-20)17-26(23,24)21-15-9-4-10-16-21/h2-18H,1H3/b22-17-/t18-/m1/s1. The summed E-state index contributed by atoms with van der Waals surface area (Å²) in [7, 11) is -3.62. The van der Waals surface area contributed by atoms with Gasteiger partial charge in [-0.1, -0.05) is 78.9 Å². The van der Waals surface area contributed by atoms with Crippen molar-refractivity contribution in [1.29, 1.82) is 0 Å². The smallest absolute Gasteiger partial charge is 0.203 e. The first kappa shape index (κ1) is 18.0. The molecule has 0 aliphatic heterocycles. The van der Waals surface area contributed by atoms with E-state index in [9.17, 15) is 8.42 Å². The lowest BCUT2D eigenvalue weighted by Crippen LogP contribution is -2.04. The maximum absolute atomic E-state index is 12.8. The molecular formula is C22H20O3S. The van der Waals surface area contributed by atoms with Crippen molar-refractivity contribution in [3.8, 4) is 0 Å². The first-order valence-electron chi connectivity index (χ1n) is 8.35. The highest BCUT2D eigenvalue weighted by Crippen LogP contribution is 2.27. The van der Waals surface area contributed by atoms with Crippen molar-refractivity contribution in [3.05, 3.63) is 108 Å². The van der Waals surface area contributed by atoms with Gasteiger partial charge >= 0.3 is 0 Å². The Labute approximate surface area is 154 Å². The number of hydrogen-bond donors (Lipinski definition) is 0. The Morgan fingerprint density at radius 3 is 1.88 bits per heavy atom. The molecule has 0 spiro atoms. The van der Waals surface area contributed by atoms with Gasteiger partial charge in [-0.3, -0.25) is 0 Å². The van der Waals surface area contributed by atoms with E-state index < -0.39 is 9.84 Å². The first-order chi connectivity index (χ1) is 12.6. The largest absolute Gasteiger partial charge is 0.485 e. The van der Waals surface area contributed by atoms with Crippen LogP contribution < -0.4 is 0 Å². The first-order valence-corrected chi connectivity index (χ1v) is 9.90. The molecule has 4 heteroatoms. The van der Waals surface area contributed by atoms with Gasteiger partial charge in [-0.25, -0.2) is 8.42 Å². The summed E-state index contributed by atoms with van der Waals surface area (Å²) in [5.41, 5.74) is 1.70. The average molecular weight is 364 g/mol. The fourth-order valence-electron chi connectivity index (χ4n) is 2.57. The van der Waals surface area contributed by atoms with Gasteiger partial charge in [-0.05, 0) is 24.6 Å². The van der Waals surface area contributed by atoms with Crippen molar-refractivity contribution in [2.45, 2.75) is 17.9 Å². The Kier molecular flexibility index (Phi) is 5.54. The van der Waals surface area contributed by atoms with E-state index in [1.54, 1.807) is 30.3 Å². The minimum Gasteiger partial charge on any atom is -0.485 e. The quantitative estimate of drug-likeness (QED) is 0.562. The van der Waals surface area contributed by atoms with E-state index in [0.29, 0.717) is 5.76 Å². The van der Waals surface area contributed by atoms with Gasteiger partial charge in [0.2, 0.25) is 9.84 Å². The highest BCUT2D eigenvalue weighted by atomic mass is 32.2. The van der Waals surface area contributed by atoms with Crippen LogP contribution in [-0.2, 0) is 14.6 Å². The Morgan fingerprint density at radius 2 is 1.31 bits per heavy atom. The molecule has 0 unspecified atom stereocenters. The summed E-state index contributed by atoms with van der Waals surface area (Å²) in [6.07, 6.45) is -0.284. The number of sulfone groups is 1. The third-order valence-corrected chi connectivity index (χ3v) is 5.42. The molecule has 1 atom stereocenters. The van der Waals surface area contributed by atoms with Crippen LogP contribution in [0.1, 0.15) is 24.2 Å². The lowest BCUT2D eigenvalue weighted by atomic mass is 10.1. The molecule has 3 aromatic rings. The lowest BCUT2D eigenvalue weighted by molar-refractivity contribution is 0.189. The normalized spacial score (nSPS) is 13.2. The minimum atomic E-state index is -3.62. The van der Waals surface area contributed by atoms with Crippen molar-refractivity contribution in [2.75, 3.05) is 0 Å². The van der Waals surface area contributed by atoms with Crippen LogP contribution in [-0.4, -0.2) is 8.42 Å². The summed E-state index contributed by atoms with van der Waals surface area (Å²) < 4.78 is 31.6. The van der Waals surface area contributed by atoms with Crippen LogP contribution in [0.25, 0.3) is 5.76 Å². The number of benzene rings is 3. The molecule has 0 amide bonds. The molecule has 3 rings (SSSR count). The Bertz CT molecular complexity index is 964. The van der Waals surface area contributed by atoms with Gasteiger partial charge in [0, 0.05) is 5.56 Å². The van der Waals surface area contributed by atoms with Gasteiger partial charge < -0.3 is 4.74 Å². The molecule has 0 saturated carbocycles. The number of rotatable bonds is 6. The van der Waals surface area contributed by atoms with Crippen LogP contribution >= 0.6 is 0 Å². The molecule has 3 nitrogen and oxygen atoms in total. The second-order valence-corrected chi connectivity index (χ2v) is 7.67. The zero-order chi connectivity index (χ0) is 18.4. The minimum absolute atomic E-state index is 0.240. The molecule has 132 valence electrons. The van der Waals surface area contributed by atoms with Crippen molar-refractivity contribution < 1.29 is 13.2 Å². The van der Waals surface area contributed by atoms with Gasteiger partial charge in [-0.2, -0.15) is 0 Å². The molecule has 3 aromatic carbocycles. The van der Waals surface area contributed by atoms with Gasteiger partial charge in [0.15, 0.2) is 0 Å². The van der Waals surface area contributed by atoms with Crippen LogP contribution in [0.15, 0.2) is 101 Å². The van der Waals surface area contributed by atoms with Crippen LogP contribution in [0.2, 0.25) is 0 Å². The second-order valence-electron chi connectivity index (χ2n) is 5.88. The molecule has 0 radical (unpaired) electrons. The van der Waals surface area contributed by atoms with E-state index in [-0.39, 0.29) is 11.0 Å².